The van der Waals surface area contributed by atoms with Gasteiger partial charge in [-0.15, -0.1) is 0 Å². The molecule has 1 amide bonds. The van der Waals surface area contributed by atoms with Gasteiger partial charge in [0.05, 0.1) is 16.6 Å². The van der Waals surface area contributed by atoms with E-state index in [0.29, 0.717) is 47.3 Å². The van der Waals surface area contributed by atoms with Crippen molar-refractivity contribution in [3.8, 4) is 11.5 Å². The number of fused-ring (bicyclic) bond motifs is 3. The van der Waals surface area contributed by atoms with Crippen molar-refractivity contribution in [1.29, 1.82) is 0 Å². The van der Waals surface area contributed by atoms with Crippen LogP contribution in [0.1, 0.15) is 19.3 Å². The standard InChI is InChI=1S/C16H19ClN2O3/c17-10-6-12-13(22-4-3-21-12)7-11(10)19-16(20)14-8-1-2-9(5-8)15(14)18/h6-9,14-15H,1-5,18H2,(H,19,20). The van der Waals surface area contributed by atoms with Crippen LogP contribution in [-0.2, 0) is 4.79 Å². The van der Waals surface area contributed by atoms with E-state index in [0.717, 1.165) is 19.3 Å². The number of benzene rings is 1. The lowest BCUT2D eigenvalue weighted by Gasteiger charge is -2.27. The fourth-order valence-electron chi connectivity index (χ4n) is 4.10. The molecular weight excluding hydrogens is 304 g/mol. The molecule has 2 bridgehead atoms. The van der Waals surface area contributed by atoms with E-state index in [4.69, 9.17) is 26.8 Å². The van der Waals surface area contributed by atoms with Gasteiger partial charge in [-0.05, 0) is 31.1 Å². The van der Waals surface area contributed by atoms with Crippen LogP contribution in [-0.4, -0.2) is 25.2 Å². The molecule has 6 heteroatoms. The zero-order valence-electron chi connectivity index (χ0n) is 12.2. The monoisotopic (exact) mass is 322 g/mol. The van der Waals surface area contributed by atoms with E-state index in [-0.39, 0.29) is 17.9 Å². The Kier molecular flexibility index (Phi) is 3.42. The van der Waals surface area contributed by atoms with Crippen LogP contribution in [0.25, 0.3) is 0 Å². The average molecular weight is 323 g/mol. The van der Waals surface area contributed by atoms with Crippen LogP contribution >= 0.6 is 11.6 Å². The largest absolute Gasteiger partial charge is 0.486 e. The molecule has 2 fully saturated rings. The third kappa shape index (κ3) is 2.23. The molecule has 3 aliphatic rings. The molecule has 2 saturated carbocycles. The number of ether oxygens (including phenoxy) is 2. The molecule has 2 aliphatic carbocycles. The second-order valence-electron chi connectivity index (χ2n) is 6.40. The molecule has 0 aromatic heterocycles. The van der Waals surface area contributed by atoms with E-state index < -0.39 is 0 Å². The number of hydrogen-bond acceptors (Lipinski definition) is 4. The van der Waals surface area contributed by atoms with Crippen molar-refractivity contribution in [3.05, 3.63) is 17.2 Å². The lowest BCUT2D eigenvalue weighted by molar-refractivity contribution is -0.121. The molecule has 0 saturated heterocycles. The van der Waals surface area contributed by atoms with Gasteiger partial charge in [-0.1, -0.05) is 11.6 Å². The lowest BCUT2D eigenvalue weighted by atomic mass is 9.84. The Labute approximate surface area is 134 Å². The van der Waals surface area contributed by atoms with E-state index >= 15 is 0 Å². The van der Waals surface area contributed by atoms with Gasteiger partial charge in [-0.25, -0.2) is 0 Å². The number of amides is 1. The van der Waals surface area contributed by atoms with Crippen LogP contribution in [0.15, 0.2) is 12.1 Å². The van der Waals surface area contributed by atoms with Crippen molar-refractivity contribution in [3.63, 3.8) is 0 Å². The predicted molar refractivity (Wildman–Crippen MR) is 83.4 cm³/mol. The number of nitrogens with two attached hydrogens (primary N) is 1. The molecule has 1 aliphatic heterocycles. The maximum atomic E-state index is 12.6. The molecule has 0 radical (unpaired) electrons. The van der Waals surface area contributed by atoms with Crippen molar-refractivity contribution < 1.29 is 14.3 Å². The van der Waals surface area contributed by atoms with Crippen molar-refractivity contribution >= 4 is 23.2 Å². The molecule has 0 spiro atoms. The Morgan fingerprint density at radius 2 is 1.86 bits per heavy atom. The summed E-state index contributed by atoms with van der Waals surface area (Å²) in [7, 11) is 0. The molecule has 4 atom stereocenters. The van der Waals surface area contributed by atoms with Crippen molar-refractivity contribution in [2.24, 2.45) is 23.5 Å². The van der Waals surface area contributed by atoms with E-state index in [9.17, 15) is 4.79 Å². The summed E-state index contributed by atoms with van der Waals surface area (Å²) in [6.07, 6.45) is 3.33. The molecule has 4 rings (SSSR count). The van der Waals surface area contributed by atoms with Gasteiger partial charge in [0.25, 0.3) is 0 Å². The second-order valence-corrected chi connectivity index (χ2v) is 6.81. The van der Waals surface area contributed by atoms with E-state index in [1.807, 2.05) is 0 Å². The molecule has 1 heterocycles. The Morgan fingerprint density at radius 1 is 1.18 bits per heavy atom. The minimum atomic E-state index is -0.108. The number of anilines is 1. The summed E-state index contributed by atoms with van der Waals surface area (Å²) in [5.74, 6) is 2.00. The minimum absolute atomic E-state index is 0.0294. The number of hydrogen-bond donors (Lipinski definition) is 2. The quantitative estimate of drug-likeness (QED) is 0.877. The topological polar surface area (TPSA) is 73.6 Å². The van der Waals surface area contributed by atoms with E-state index in [1.54, 1.807) is 12.1 Å². The summed E-state index contributed by atoms with van der Waals surface area (Å²) in [6.45, 7) is 1.01. The summed E-state index contributed by atoms with van der Waals surface area (Å²) in [5.41, 5.74) is 6.79. The molecule has 5 nitrogen and oxygen atoms in total. The number of halogens is 1. The van der Waals surface area contributed by atoms with Gasteiger partial charge in [0.15, 0.2) is 11.5 Å². The maximum Gasteiger partial charge on any atom is 0.229 e. The maximum absolute atomic E-state index is 12.6. The van der Waals surface area contributed by atoms with Gasteiger partial charge in [-0.2, -0.15) is 0 Å². The third-order valence-electron chi connectivity index (χ3n) is 5.17. The van der Waals surface area contributed by atoms with Gasteiger partial charge >= 0.3 is 0 Å². The van der Waals surface area contributed by atoms with Crippen LogP contribution in [0.4, 0.5) is 5.69 Å². The summed E-state index contributed by atoms with van der Waals surface area (Å²) >= 11 is 6.25. The first-order valence-electron chi connectivity index (χ1n) is 7.79. The molecule has 22 heavy (non-hydrogen) atoms. The molecule has 4 unspecified atom stereocenters. The normalized spacial score (nSPS) is 32.1. The first kappa shape index (κ1) is 14.2. The van der Waals surface area contributed by atoms with Crippen LogP contribution in [0.5, 0.6) is 11.5 Å². The van der Waals surface area contributed by atoms with Crippen LogP contribution < -0.4 is 20.5 Å². The second kappa shape index (κ2) is 5.32. The first-order chi connectivity index (χ1) is 10.6. The van der Waals surface area contributed by atoms with E-state index in [2.05, 4.69) is 5.32 Å². The number of carbonyl (C=O) groups is 1. The van der Waals surface area contributed by atoms with Crippen LogP contribution in [0, 0.1) is 17.8 Å². The van der Waals surface area contributed by atoms with E-state index in [1.165, 1.54) is 0 Å². The van der Waals surface area contributed by atoms with Crippen molar-refractivity contribution in [2.45, 2.75) is 25.3 Å². The van der Waals surface area contributed by atoms with Crippen molar-refractivity contribution in [2.75, 3.05) is 18.5 Å². The molecule has 1 aromatic carbocycles. The SMILES string of the molecule is NC1C2CCC(C2)C1C(=O)Nc1cc2c(cc1Cl)OCCO2. The summed E-state index contributed by atoms with van der Waals surface area (Å²) in [4.78, 5) is 12.6. The van der Waals surface area contributed by atoms with Crippen LogP contribution in [0.2, 0.25) is 5.02 Å². The Balaban J connectivity index is 1.55. The number of nitrogens with one attached hydrogen (secondary N) is 1. The fraction of sp³-hybridized carbons (Fsp3) is 0.562. The van der Waals surface area contributed by atoms with Gasteiger partial charge < -0.3 is 20.5 Å². The number of carbonyl (C=O) groups excluding carboxylic acids is 1. The predicted octanol–water partition coefficient (Wildman–Crippen LogP) is 2.42. The van der Waals surface area contributed by atoms with Gasteiger partial charge in [0.2, 0.25) is 5.91 Å². The smallest absolute Gasteiger partial charge is 0.229 e. The van der Waals surface area contributed by atoms with Crippen molar-refractivity contribution in [1.82, 2.24) is 0 Å². The first-order valence-corrected chi connectivity index (χ1v) is 8.17. The average Bonchev–Trinajstić information content (AvgIpc) is 3.08. The summed E-state index contributed by atoms with van der Waals surface area (Å²) in [5, 5.41) is 3.38. The number of rotatable bonds is 2. The lowest BCUT2D eigenvalue weighted by Crippen LogP contribution is -2.42. The van der Waals surface area contributed by atoms with Crippen LogP contribution in [0.3, 0.4) is 0 Å². The molecule has 3 N–H and O–H groups in total. The zero-order chi connectivity index (χ0) is 15.3. The Hall–Kier alpha value is -1.46. The highest BCUT2D eigenvalue weighted by molar-refractivity contribution is 6.34. The fourth-order valence-corrected chi connectivity index (χ4v) is 4.30. The highest BCUT2D eigenvalue weighted by Crippen LogP contribution is 2.48. The van der Waals surface area contributed by atoms with Gasteiger partial charge in [-0.3, -0.25) is 4.79 Å². The van der Waals surface area contributed by atoms with Gasteiger partial charge in [0.1, 0.15) is 13.2 Å². The highest BCUT2D eigenvalue weighted by Gasteiger charge is 2.49. The molecule has 1 aromatic rings. The Bertz CT molecular complexity index is 620. The zero-order valence-corrected chi connectivity index (χ0v) is 12.9. The highest BCUT2D eigenvalue weighted by atomic mass is 35.5. The third-order valence-corrected chi connectivity index (χ3v) is 5.49. The molecule has 118 valence electrons. The summed E-state index contributed by atoms with van der Waals surface area (Å²) in [6, 6.07) is 3.38. The van der Waals surface area contributed by atoms with Gasteiger partial charge in [0, 0.05) is 18.2 Å². The Morgan fingerprint density at radius 3 is 2.55 bits per heavy atom. The molecular formula is C16H19ClN2O3. The summed E-state index contributed by atoms with van der Waals surface area (Å²) < 4.78 is 11.0. The minimum Gasteiger partial charge on any atom is -0.486 e.